The van der Waals surface area contributed by atoms with Gasteiger partial charge in [0, 0.05) is 13.5 Å². The highest BCUT2D eigenvalue weighted by molar-refractivity contribution is 6.83. The molecule has 0 amide bonds. The zero-order chi connectivity index (χ0) is 11.2. The molecule has 0 aromatic heterocycles. The fraction of sp³-hybridized carbons (Fsp3) is 0.818. The molecule has 0 bridgehead atoms. The van der Waals surface area contributed by atoms with Crippen LogP contribution in [-0.4, -0.2) is 32.5 Å². The maximum atomic E-state index is 9.57. The summed E-state index contributed by atoms with van der Waals surface area (Å²) < 4.78 is 5.18. The third kappa shape index (κ3) is 6.20. The van der Waals surface area contributed by atoms with Crippen molar-refractivity contribution in [2.75, 3.05) is 7.11 Å². The topological polar surface area (TPSA) is 29.5 Å². The Kier molecular flexibility index (Phi) is 6.10. The van der Waals surface area contributed by atoms with Gasteiger partial charge < -0.3 is 9.84 Å². The van der Waals surface area contributed by atoms with Crippen LogP contribution < -0.4 is 0 Å². The van der Waals surface area contributed by atoms with Crippen molar-refractivity contribution in [1.29, 1.82) is 0 Å². The molecule has 0 aliphatic rings. The maximum Gasteiger partial charge on any atom is 0.129 e. The molecule has 0 aliphatic heterocycles. The van der Waals surface area contributed by atoms with E-state index in [1.54, 1.807) is 7.11 Å². The van der Waals surface area contributed by atoms with Crippen molar-refractivity contribution in [3.63, 3.8) is 0 Å². The van der Waals surface area contributed by atoms with E-state index < -0.39 is 14.2 Å². The summed E-state index contributed by atoms with van der Waals surface area (Å²) in [5, 5.41) is 9.57. The molecule has 2 nitrogen and oxygen atoms in total. The SMILES string of the molecule is CC[C@H](O)[C@H](CC#C[Si](C)(C)C)OC. The summed E-state index contributed by atoms with van der Waals surface area (Å²) in [5.74, 6) is 3.12. The Labute approximate surface area is 88.7 Å². The van der Waals surface area contributed by atoms with E-state index in [1.165, 1.54) is 0 Å². The van der Waals surface area contributed by atoms with E-state index in [-0.39, 0.29) is 6.10 Å². The second-order valence-electron chi connectivity index (χ2n) is 4.51. The monoisotopic (exact) mass is 214 g/mol. The number of hydrogen-bond acceptors (Lipinski definition) is 2. The van der Waals surface area contributed by atoms with Gasteiger partial charge in [0.2, 0.25) is 0 Å². The molecule has 82 valence electrons. The van der Waals surface area contributed by atoms with Crippen molar-refractivity contribution in [3.8, 4) is 11.5 Å². The second kappa shape index (κ2) is 6.23. The Hall–Kier alpha value is -0.303. The summed E-state index contributed by atoms with van der Waals surface area (Å²) in [6, 6.07) is 0. The highest BCUT2D eigenvalue weighted by atomic mass is 28.3. The van der Waals surface area contributed by atoms with Crippen molar-refractivity contribution in [2.24, 2.45) is 0 Å². The highest BCUT2D eigenvalue weighted by Gasteiger charge is 2.15. The summed E-state index contributed by atoms with van der Waals surface area (Å²) in [6.07, 6.45) is 0.822. The van der Waals surface area contributed by atoms with Gasteiger partial charge in [-0.1, -0.05) is 26.6 Å². The van der Waals surface area contributed by atoms with Crippen LogP contribution in [0.2, 0.25) is 19.6 Å². The third-order valence-corrected chi connectivity index (χ3v) is 2.84. The van der Waals surface area contributed by atoms with Crippen LogP contribution in [0.3, 0.4) is 0 Å². The van der Waals surface area contributed by atoms with Gasteiger partial charge in [-0.2, -0.15) is 0 Å². The molecule has 0 saturated carbocycles. The fourth-order valence-corrected chi connectivity index (χ4v) is 1.69. The predicted molar refractivity (Wildman–Crippen MR) is 62.8 cm³/mol. The van der Waals surface area contributed by atoms with E-state index in [9.17, 15) is 5.11 Å². The molecule has 0 fully saturated rings. The number of aliphatic hydroxyl groups excluding tert-OH is 1. The minimum absolute atomic E-state index is 0.135. The number of methoxy groups -OCH3 is 1. The van der Waals surface area contributed by atoms with E-state index in [0.717, 1.165) is 0 Å². The minimum atomic E-state index is -1.28. The first-order valence-corrected chi connectivity index (χ1v) is 8.61. The molecule has 0 spiro atoms. The molecule has 0 heterocycles. The van der Waals surface area contributed by atoms with Crippen molar-refractivity contribution < 1.29 is 9.84 Å². The Balaban J connectivity index is 4.12. The zero-order valence-corrected chi connectivity index (χ0v) is 10.9. The quantitative estimate of drug-likeness (QED) is 0.573. The van der Waals surface area contributed by atoms with E-state index in [2.05, 4.69) is 31.1 Å². The Morgan fingerprint density at radius 3 is 2.29 bits per heavy atom. The van der Waals surface area contributed by atoms with Crippen molar-refractivity contribution in [2.45, 2.75) is 51.6 Å². The molecule has 0 saturated heterocycles. The van der Waals surface area contributed by atoms with Gasteiger partial charge in [0.1, 0.15) is 8.07 Å². The normalized spacial score (nSPS) is 15.6. The van der Waals surface area contributed by atoms with Crippen LogP contribution in [0.5, 0.6) is 0 Å². The number of ether oxygens (including phenoxy) is 1. The average Bonchev–Trinajstić information content (AvgIpc) is 2.09. The first-order valence-electron chi connectivity index (χ1n) is 5.11. The lowest BCUT2D eigenvalue weighted by molar-refractivity contribution is -0.00976. The van der Waals surface area contributed by atoms with Crippen LogP contribution in [-0.2, 0) is 4.74 Å². The summed E-state index contributed by atoms with van der Waals surface area (Å²) in [7, 11) is 0.345. The first kappa shape index (κ1) is 13.7. The van der Waals surface area contributed by atoms with Gasteiger partial charge in [-0.05, 0) is 6.42 Å². The lowest BCUT2D eigenvalue weighted by atomic mass is 10.1. The van der Waals surface area contributed by atoms with Crippen molar-refractivity contribution in [3.05, 3.63) is 0 Å². The van der Waals surface area contributed by atoms with Crippen LogP contribution in [0.4, 0.5) is 0 Å². The van der Waals surface area contributed by atoms with E-state index in [4.69, 9.17) is 4.74 Å². The summed E-state index contributed by atoms with van der Waals surface area (Å²) in [4.78, 5) is 0. The van der Waals surface area contributed by atoms with Gasteiger partial charge in [-0.25, -0.2) is 0 Å². The summed E-state index contributed by atoms with van der Waals surface area (Å²) >= 11 is 0. The summed E-state index contributed by atoms with van der Waals surface area (Å²) in [6.45, 7) is 8.57. The van der Waals surface area contributed by atoms with Crippen LogP contribution in [0.25, 0.3) is 0 Å². The number of rotatable bonds is 4. The smallest absolute Gasteiger partial charge is 0.129 e. The van der Waals surface area contributed by atoms with Crippen molar-refractivity contribution in [1.82, 2.24) is 0 Å². The summed E-state index contributed by atoms with van der Waals surface area (Å²) in [5.41, 5.74) is 3.26. The standard InChI is InChI=1S/C11H22O2Si/c1-6-10(12)11(13-2)8-7-9-14(3,4)5/h10-12H,6,8H2,1-5H3/t10-,11-/m0/s1. The molecule has 14 heavy (non-hydrogen) atoms. The molecule has 0 aromatic carbocycles. The molecule has 0 aliphatic carbocycles. The zero-order valence-electron chi connectivity index (χ0n) is 9.92. The molecular weight excluding hydrogens is 192 g/mol. The van der Waals surface area contributed by atoms with Crippen LogP contribution in [0, 0.1) is 11.5 Å². The van der Waals surface area contributed by atoms with E-state index in [0.29, 0.717) is 12.8 Å². The molecule has 0 aromatic rings. The largest absolute Gasteiger partial charge is 0.390 e. The molecule has 1 N–H and O–H groups in total. The Morgan fingerprint density at radius 2 is 1.93 bits per heavy atom. The van der Waals surface area contributed by atoms with Gasteiger partial charge in [0.05, 0.1) is 12.2 Å². The number of hydrogen-bond donors (Lipinski definition) is 1. The molecule has 3 heteroatoms. The minimum Gasteiger partial charge on any atom is -0.390 e. The van der Waals surface area contributed by atoms with Gasteiger partial charge >= 0.3 is 0 Å². The van der Waals surface area contributed by atoms with Gasteiger partial charge in [-0.15, -0.1) is 11.5 Å². The Morgan fingerprint density at radius 1 is 1.36 bits per heavy atom. The fourth-order valence-electron chi connectivity index (χ4n) is 1.06. The lowest BCUT2D eigenvalue weighted by Gasteiger charge is -2.17. The Bertz CT molecular complexity index is 210. The van der Waals surface area contributed by atoms with Gasteiger partial charge in [0.15, 0.2) is 0 Å². The molecule has 0 unspecified atom stereocenters. The number of aliphatic hydroxyl groups is 1. The molecular formula is C11H22O2Si. The highest BCUT2D eigenvalue weighted by Crippen LogP contribution is 2.06. The van der Waals surface area contributed by atoms with E-state index in [1.807, 2.05) is 6.92 Å². The second-order valence-corrected chi connectivity index (χ2v) is 9.26. The maximum absolute atomic E-state index is 9.57. The van der Waals surface area contributed by atoms with Gasteiger partial charge in [0.25, 0.3) is 0 Å². The third-order valence-electron chi connectivity index (χ3n) is 1.92. The molecule has 0 radical (unpaired) electrons. The van der Waals surface area contributed by atoms with Crippen LogP contribution in [0.15, 0.2) is 0 Å². The predicted octanol–water partition coefficient (Wildman–Crippen LogP) is 2.04. The van der Waals surface area contributed by atoms with Gasteiger partial charge in [-0.3, -0.25) is 0 Å². The molecule has 0 rings (SSSR count). The van der Waals surface area contributed by atoms with Crippen molar-refractivity contribution >= 4 is 8.07 Å². The van der Waals surface area contributed by atoms with Crippen LogP contribution in [0.1, 0.15) is 19.8 Å². The van der Waals surface area contributed by atoms with E-state index >= 15 is 0 Å². The molecule has 2 atom stereocenters. The van der Waals surface area contributed by atoms with Crippen LogP contribution >= 0.6 is 0 Å². The first-order chi connectivity index (χ1) is 6.40. The average molecular weight is 214 g/mol. The lowest BCUT2D eigenvalue weighted by Crippen LogP contribution is -2.27.